The summed E-state index contributed by atoms with van der Waals surface area (Å²) >= 11 is 0. The van der Waals surface area contributed by atoms with E-state index in [9.17, 15) is 9.59 Å². The van der Waals surface area contributed by atoms with Crippen LogP contribution in [0.2, 0.25) is 19.6 Å². The first-order valence-corrected chi connectivity index (χ1v) is 12.2. The van der Waals surface area contributed by atoms with Crippen LogP contribution in [0.5, 0.6) is 0 Å². The molecule has 3 rings (SSSR count). The van der Waals surface area contributed by atoms with Gasteiger partial charge < -0.3 is 9.16 Å². The van der Waals surface area contributed by atoms with Crippen molar-refractivity contribution in [3.63, 3.8) is 0 Å². The number of ketones is 1. The van der Waals surface area contributed by atoms with Crippen molar-refractivity contribution in [2.45, 2.75) is 71.2 Å². The van der Waals surface area contributed by atoms with Crippen molar-refractivity contribution in [3.8, 4) is 0 Å². The van der Waals surface area contributed by atoms with Crippen LogP contribution in [0.1, 0.15) is 46.0 Å². The van der Waals surface area contributed by atoms with E-state index in [1.54, 1.807) is 0 Å². The fraction of sp³-hybridized carbons (Fsp3) is 0.889. The third kappa shape index (κ3) is 2.34. The van der Waals surface area contributed by atoms with E-state index in [2.05, 4.69) is 26.6 Å². The Morgan fingerprint density at radius 2 is 1.78 bits per heavy atom. The molecule has 0 N–H and O–H groups in total. The molecule has 0 aromatic carbocycles. The molecule has 0 amide bonds. The molecule has 4 nitrogen and oxygen atoms in total. The molecule has 23 heavy (non-hydrogen) atoms. The lowest BCUT2D eigenvalue weighted by molar-refractivity contribution is -0.195. The van der Waals surface area contributed by atoms with Crippen LogP contribution in [0, 0.1) is 22.7 Å². The molecule has 0 saturated heterocycles. The lowest BCUT2D eigenvalue weighted by Crippen LogP contribution is -2.70. The number of methoxy groups -OCH3 is 1. The fourth-order valence-corrected chi connectivity index (χ4v) is 6.98. The van der Waals surface area contributed by atoms with E-state index in [4.69, 9.17) is 9.16 Å². The van der Waals surface area contributed by atoms with Crippen LogP contribution in [0.3, 0.4) is 0 Å². The Bertz CT molecular complexity index is 554. The highest BCUT2D eigenvalue weighted by Gasteiger charge is 2.70. The van der Waals surface area contributed by atoms with E-state index >= 15 is 0 Å². The van der Waals surface area contributed by atoms with Gasteiger partial charge in [0.1, 0.15) is 5.60 Å². The van der Waals surface area contributed by atoms with Crippen LogP contribution in [0.25, 0.3) is 0 Å². The number of fused-ring (bicyclic) bond motifs is 2. The third-order valence-electron chi connectivity index (χ3n) is 6.56. The van der Waals surface area contributed by atoms with E-state index in [0.29, 0.717) is 12.3 Å². The zero-order valence-corrected chi connectivity index (χ0v) is 16.3. The van der Waals surface area contributed by atoms with Gasteiger partial charge in [0.05, 0.1) is 12.5 Å². The Hall–Kier alpha value is -0.683. The number of Topliss-reactive ketones (excluding diaryl/α,β-unsaturated/α-hetero) is 1. The fourth-order valence-electron chi connectivity index (χ4n) is 5.48. The van der Waals surface area contributed by atoms with Gasteiger partial charge in [-0.15, -0.1) is 0 Å². The molecule has 0 radical (unpaired) electrons. The molecule has 0 aliphatic heterocycles. The Labute approximate surface area is 140 Å². The quantitative estimate of drug-likeness (QED) is 0.583. The van der Waals surface area contributed by atoms with Gasteiger partial charge in [0.2, 0.25) is 0 Å². The predicted octanol–water partition coefficient (Wildman–Crippen LogP) is 3.56. The van der Waals surface area contributed by atoms with Crippen LogP contribution in [0.4, 0.5) is 0 Å². The van der Waals surface area contributed by atoms with Crippen LogP contribution in [0.15, 0.2) is 0 Å². The monoisotopic (exact) mass is 338 g/mol. The number of carbonyl (C=O) groups excluding carboxylic acids is 2. The van der Waals surface area contributed by atoms with Crippen LogP contribution in [-0.2, 0) is 18.8 Å². The first-order valence-electron chi connectivity index (χ1n) is 8.79. The number of rotatable bonds is 3. The van der Waals surface area contributed by atoms with Crippen molar-refractivity contribution < 1.29 is 18.8 Å². The van der Waals surface area contributed by atoms with Crippen molar-refractivity contribution in [1.82, 2.24) is 0 Å². The zero-order valence-electron chi connectivity index (χ0n) is 15.3. The Morgan fingerprint density at radius 1 is 1.13 bits per heavy atom. The molecule has 0 bridgehead atoms. The van der Waals surface area contributed by atoms with Crippen molar-refractivity contribution in [2.24, 2.45) is 22.7 Å². The summed E-state index contributed by atoms with van der Waals surface area (Å²) < 4.78 is 11.5. The number of ether oxygens (including phenoxy) is 1. The lowest BCUT2D eigenvalue weighted by atomic mass is 9.47. The van der Waals surface area contributed by atoms with Gasteiger partial charge >= 0.3 is 5.97 Å². The number of carbonyl (C=O) groups is 2. The average molecular weight is 339 g/mol. The van der Waals surface area contributed by atoms with Gasteiger partial charge in [-0.25, -0.2) is 0 Å². The highest BCUT2D eigenvalue weighted by molar-refractivity contribution is 6.70. The summed E-state index contributed by atoms with van der Waals surface area (Å²) in [5.41, 5.74) is -1.15. The van der Waals surface area contributed by atoms with Gasteiger partial charge in [0.25, 0.3) is 0 Å². The average Bonchev–Trinajstić information content (AvgIpc) is 2.78. The zero-order chi connectivity index (χ0) is 17.3. The smallest absolute Gasteiger partial charge is 0.311 e. The highest BCUT2D eigenvalue weighted by atomic mass is 28.4. The molecule has 3 aliphatic carbocycles. The summed E-state index contributed by atoms with van der Waals surface area (Å²) in [6.07, 6.45) is 4.30. The first kappa shape index (κ1) is 17.2. The van der Waals surface area contributed by atoms with E-state index in [0.717, 1.165) is 25.7 Å². The molecule has 0 spiro atoms. The minimum Gasteiger partial charge on any atom is -0.469 e. The molecule has 3 saturated carbocycles. The summed E-state index contributed by atoms with van der Waals surface area (Å²) in [6.45, 7) is 10.7. The number of esters is 1. The SMILES string of the molecule is COC(=O)[C@@]1(C)C[C@H]2C[C@]3(C)CC[C@]3(O[Si](C)(C)C)C(=O)[C@H]2C1. The summed E-state index contributed by atoms with van der Waals surface area (Å²) in [6, 6.07) is 0. The molecule has 130 valence electrons. The van der Waals surface area contributed by atoms with Gasteiger partial charge in [-0.05, 0) is 64.6 Å². The van der Waals surface area contributed by atoms with Gasteiger partial charge in [0.15, 0.2) is 14.1 Å². The van der Waals surface area contributed by atoms with Crippen molar-refractivity contribution >= 4 is 20.1 Å². The molecule has 0 aromatic heterocycles. The van der Waals surface area contributed by atoms with Gasteiger partial charge in [0, 0.05) is 11.3 Å². The summed E-state index contributed by atoms with van der Waals surface area (Å²) in [5, 5.41) is 0. The van der Waals surface area contributed by atoms with Crippen molar-refractivity contribution in [2.75, 3.05) is 7.11 Å². The topological polar surface area (TPSA) is 52.6 Å². The largest absolute Gasteiger partial charge is 0.469 e. The summed E-state index contributed by atoms with van der Waals surface area (Å²) in [7, 11) is -0.374. The lowest BCUT2D eigenvalue weighted by Gasteiger charge is -2.63. The van der Waals surface area contributed by atoms with E-state index < -0.39 is 19.3 Å². The highest BCUT2D eigenvalue weighted by Crippen LogP contribution is 2.66. The Morgan fingerprint density at radius 3 is 2.26 bits per heavy atom. The maximum absolute atomic E-state index is 13.4. The Balaban J connectivity index is 1.92. The maximum Gasteiger partial charge on any atom is 0.311 e. The van der Waals surface area contributed by atoms with Crippen molar-refractivity contribution in [1.29, 1.82) is 0 Å². The summed E-state index contributed by atoms with van der Waals surface area (Å²) in [5.74, 6) is 0.369. The normalized spacial score (nSPS) is 45.9. The summed E-state index contributed by atoms with van der Waals surface area (Å²) in [4.78, 5) is 25.6. The molecule has 5 atom stereocenters. The van der Waals surface area contributed by atoms with E-state index in [-0.39, 0.29) is 23.1 Å². The second-order valence-corrected chi connectivity index (χ2v) is 13.9. The second-order valence-electron chi connectivity index (χ2n) is 9.50. The van der Waals surface area contributed by atoms with E-state index in [1.807, 2.05) is 6.92 Å². The minimum atomic E-state index is -1.82. The molecular formula is C18H30O4Si. The molecule has 3 aliphatic rings. The first-order chi connectivity index (χ1) is 10.5. The molecular weight excluding hydrogens is 308 g/mol. The van der Waals surface area contributed by atoms with Crippen LogP contribution < -0.4 is 0 Å². The van der Waals surface area contributed by atoms with Crippen LogP contribution in [-0.4, -0.2) is 32.8 Å². The maximum atomic E-state index is 13.4. The molecule has 0 heterocycles. The second kappa shape index (κ2) is 4.91. The van der Waals surface area contributed by atoms with Crippen LogP contribution >= 0.6 is 0 Å². The predicted molar refractivity (Wildman–Crippen MR) is 90.5 cm³/mol. The molecule has 3 fully saturated rings. The Kier molecular flexibility index (Phi) is 3.66. The standard InChI is InChI=1S/C18H30O4Si/c1-16(15(20)21-3)9-12-10-17(2)7-8-18(17,22-23(4,5)6)14(19)13(12)11-16/h12-13H,7-11H2,1-6H3/t12-,13-,16-,17-,18-/m0/s1. The van der Waals surface area contributed by atoms with Gasteiger partial charge in [-0.2, -0.15) is 0 Å². The van der Waals surface area contributed by atoms with E-state index in [1.165, 1.54) is 7.11 Å². The van der Waals surface area contributed by atoms with Gasteiger partial charge in [-0.1, -0.05) is 6.92 Å². The number of hydrogen-bond donors (Lipinski definition) is 0. The van der Waals surface area contributed by atoms with Crippen molar-refractivity contribution in [3.05, 3.63) is 0 Å². The minimum absolute atomic E-state index is 0.0381. The number of hydrogen-bond acceptors (Lipinski definition) is 4. The van der Waals surface area contributed by atoms with Gasteiger partial charge in [-0.3, -0.25) is 9.59 Å². The molecule has 5 heteroatoms. The molecule has 0 unspecified atom stereocenters. The molecule has 0 aromatic rings. The third-order valence-corrected chi connectivity index (χ3v) is 7.52.